The van der Waals surface area contributed by atoms with Crippen molar-refractivity contribution in [2.45, 2.75) is 45.6 Å². The Kier molecular flexibility index (Phi) is 6.52. The van der Waals surface area contributed by atoms with Crippen LogP contribution in [0.25, 0.3) is 0 Å². The van der Waals surface area contributed by atoms with Crippen LogP contribution in [0.2, 0.25) is 0 Å². The lowest BCUT2D eigenvalue weighted by Gasteiger charge is -2.32. The number of carbonyl (C=O) groups excluding carboxylic acids is 1. The molecule has 4 nitrogen and oxygen atoms in total. The third-order valence-electron chi connectivity index (χ3n) is 3.60. The van der Waals surface area contributed by atoms with Crippen LogP contribution in [0.4, 0.5) is 0 Å². The molecule has 100 valence electrons. The molecule has 0 saturated heterocycles. The van der Waals surface area contributed by atoms with Gasteiger partial charge in [0.05, 0.1) is 5.92 Å². The summed E-state index contributed by atoms with van der Waals surface area (Å²) in [6.45, 7) is 6.25. The van der Waals surface area contributed by atoms with Crippen molar-refractivity contribution in [1.82, 2.24) is 5.32 Å². The van der Waals surface area contributed by atoms with E-state index in [0.717, 1.165) is 32.3 Å². The summed E-state index contributed by atoms with van der Waals surface area (Å²) in [6, 6.07) is 0.0237. The van der Waals surface area contributed by atoms with Gasteiger partial charge in [-0.15, -0.1) is 0 Å². The number of rotatable bonds is 6. The van der Waals surface area contributed by atoms with E-state index in [-0.39, 0.29) is 17.9 Å². The number of hydrogen-bond donors (Lipinski definition) is 2. The van der Waals surface area contributed by atoms with Crippen molar-refractivity contribution in [3.05, 3.63) is 0 Å². The zero-order chi connectivity index (χ0) is 12.7. The Bertz CT molecular complexity index is 233. The fourth-order valence-electron chi connectivity index (χ4n) is 2.41. The van der Waals surface area contributed by atoms with Crippen molar-refractivity contribution in [2.24, 2.45) is 17.6 Å². The van der Waals surface area contributed by atoms with Crippen LogP contribution < -0.4 is 11.1 Å². The number of ether oxygens (including phenoxy) is 1. The van der Waals surface area contributed by atoms with Gasteiger partial charge in [0, 0.05) is 25.8 Å². The van der Waals surface area contributed by atoms with E-state index in [2.05, 4.69) is 12.2 Å². The quantitative estimate of drug-likeness (QED) is 0.690. The molecule has 1 saturated carbocycles. The molecular formula is C13H26N2O2. The van der Waals surface area contributed by atoms with Gasteiger partial charge in [-0.2, -0.15) is 0 Å². The van der Waals surface area contributed by atoms with Crippen LogP contribution in [0.15, 0.2) is 0 Å². The first-order valence-electron chi connectivity index (χ1n) is 6.77. The van der Waals surface area contributed by atoms with Crippen LogP contribution in [0.3, 0.4) is 0 Å². The highest BCUT2D eigenvalue weighted by Crippen LogP contribution is 2.27. The second-order valence-corrected chi connectivity index (χ2v) is 4.93. The van der Waals surface area contributed by atoms with Crippen molar-refractivity contribution in [1.29, 1.82) is 0 Å². The normalized spacial score (nSPS) is 29.0. The number of amides is 1. The zero-order valence-corrected chi connectivity index (χ0v) is 11.1. The van der Waals surface area contributed by atoms with Crippen molar-refractivity contribution in [2.75, 3.05) is 19.8 Å². The van der Waals surface area contributed by atoms with Gasteiger partial charge in [-0.25, -0.2) is 0 Å². The molecule has 0 aromatic heterocycles. The summed E-state index contributed by atoms with van der Waals surface area (Å²) in [5.74, 6) is 0.592. The molecule has 1 aliphatic carbocycles. The molecule has 1 fully saturated rings. The second-order valence-electron chi connectivity index (χ2n) is 4.93. The van der Waals surface area contributed by atoms with E-state index in [1.165, 1.54) is 0 Å². The maximum Gasteiger partial charge on any atom is 0.224 e. The van der Waals surface area contributed by atoms with Gasteiger partial charge in [0.1, 0.15) is 0 Å². The van der Waals surface area contributed by atoms with Crippen LogP contribution in [0.5, 0.6) is 0 Å². The summed E-state index contributed by atoms with van der Waals surface area (Å²) >= 11 is 0. The Morgan fingerprint density at radius 3 is 2.94 bits per heavy atom. The van der Waals surface area contributed by atoms with Crippen LogP contribution in [-0.2, 0) is 9.53 Å². The van der Waals surface area contributed by atoms with Gasteiger partial charge in [-0.05, 0) is 32.1 Å². The minimum absolute atomic E-state index is 0.00541. The Morgan fingerprint density at radius 1 is 1.47 bits per heavy atom. The van der Waals surface area contributed by atoms with Gasteiger partial charge in [0.15, 0.2) is 0 Å². The van der Waals surface area contributed by atoms with Gasteiger partial charge in [0.2, 0.25) is 5.91 Å². The van der Waals surface area contributed by atoms with Crippen LogP contribution in [-0.4, -0.2) is 31.7 Å². The molecule has 0 heterocycles. The van der Waals surface area contributed by atoms with Crippen molar-refractivity contribution in [3.63, 3.8) is 0 Å². The lowest BCUT2D eigenvalue weighted by Crippen LogP contribution is -2.47. The number of nitrogens with two attached hydrogens (primary N) is 1. The van der Waals surface area contributed by atoms with E-state index in [1.807, 2.05) is 6.92 Å². The molecule has 0 spiro atoms. The molecular weight excluding hydrogens is 216 g/mol. The van der Waals surface area contributed by atoms with Gasteiger partial charge in [-0.3, -0.25) is 4.79 Å². The zero-order valence-electron chi connectivity index (χ0n) is 11.1. The highest BCUT2D eigenvalue weighted by atomic mass is 16.5. The minimum Gasteiger partial charge on any atom is -0.382 e. The first-order chi connectivity index (χ1) is 8.16. The van der Waals surface area contributed by atoms with Crippen LogP contribution in [0.1, 0.15) is 39.5 Å². The minimum atomic E-state index is 0.00541. The van der Waals surface area contributed by atoms with Gasteiger partial charge in [-0.1, -0.05) is 13.3 Å². The number of carbonyl (C=O) groups is 1. The highest BCUT2D eigenvalue weighted by molar-refractivity contribution is 5.79. The molecule has 0 radical (unpaired) electrons. The monoisotopic (exact) mass is 242 g/mol. The molecule has 3 unspecified atom stereocenters. The first-order valence-corrected chi connectivity index (χ1v) is 6.77. The molecule has 4 heteroatoms. The average Bonchev–Trinajstić information content (AvgIpc) is 2.32. The number of nitrogens with one attached hydrogen (secondary N) is 1. The Labute approximate surface area is 104 Å². The standard InChI is InChI=1S/C13H26N2O2/c1-3-17-9-5-8-15-13(16)11-7-4-6-10(2)12(11)14/h10-12H,3-9,14H2,1-2H3,(H,15,16). The maximum atomic E-state index is 12.0. The van der Waals surface area contributed by atoms with Crippen molar-refractivity contribution in [3.8, 4) is 0 Å². The molecule has 3 N–H and O–H groups in total. The van der Waals surface area contributed by atoms with Crippen LogP contribution >= 0.6 is 0 Å². The first kappa shape index (κ1) is 14.5. The predicted octanol–water partition coefficient (Wildman–Crippen LogP) is 1.29. The lowest BCUT2D eigenvalue weighted by atomic mass is 9.78. The summed E-state index contributed by atoms with van der Waals surface area (Å²) in [6.07, 6.45) is 4.07. The molecule has 1 aliphatic rings. The Morgan fingerprint density at radius 2 is 2.24 bits per heavy atom. The van der Waals surface area contributed by atoms with E-state index in [4.69, 9.17) is 10.5 Å². The predicted molar refractivity (Wildman–Crippen MR) is 68.6 cm³/mol. The van der Waals surface area contributed by atoms with E-state index in [1.54, 1.807) is 0 Å². The van der Waals surface area contributed by atoms with Gasteiger partial charge < -0.3 is 15.8 Å². The smallest absolute Gasteiger partial charge is 0.224 e. The molecule has 0 aliphatic heterocycles. The van der Waals surface area contributed by atoms with E-state index in [9.17, 15) is 4.79 Å². The summed E-state index contributed by atoms with van der Waals surface area (Å²) in [5.41, 5.74) is 6.09. The fourth-order valence-corrected chi connectivity index (χ4v) is 2.41. The Balaban J connectivity index is 2.22. The van der Waals surface area contributed by atoms with Gasteiger partial charge >= 0.3 is 0 Å². The molecule has 3 atom stereocenters. The molecule has 0 aromatic rings. The van der Waals surface area contributed by atoms with Gasteiger partial charge in [0.25, 0.3) is 0 Å². The lowest BCUT2D eigenvalue weighted by molar-refractivity contribution is -0.127. The molecule has 1 amide bonds. The summed E-state index contributed by atoms with van der Waals surface area (Å²) < 4.78 is 5.22. The summed E-state index contributed by atoms with van der Waals surface area (Å²) in [7, 11) is 0. The largest absolute Gasteiger partial charge is 0.382 e. The topological polar surface area (TPSA) is 64.3 Å². The van der Waals surface area contributed by atoms with Crippen LogP contribution in [0, 0.1) is 11.8 Å². The third-order valence-corrected chi connectivity index (χ3v) is 3.60. The van der Waals surface area contributed by atoms with E-state index in [0.29, 0.717) is 19.1 Å². The van der Waals surface area contributed by atoms with Crippen molar-refractivity contribution < 1.29 is 9.53 Å². The van der Waals surface area contributed by atoms with E-state index >= 15 is 0 Å². The highest BCUT2D eigenvalue weighted by Gasteiger charge is 2.32. The average molecular weight is 242 g/mol. The fraction of sp³-hybridized carbons (Fsp3) is 0.923. The number of hydrogen-bond acceptors (Lipinski definition) is 3. The Hall–Kier alpha value is -0.610. The maximum absolute atomic E-state index is 12.0. The summed E-state index contributed by atoms with van der Waals surface area (Å²) in [5, 5.41) is 2.96. The van der Waals surface area contributed by atoms with E-state index < -0.39 is 0 Å². The molecule has 0 bridgehead atoms. The third kappa shape index (κ3) is 4.64. The SMILES string of the molecule is CCOCCCNC(=O)C1CCCC(C)C1N. The molecule has 0 aromatic carbocycles. The molecule has 17 heavy (non-hydrogen) atoms. The summed E-state index contributed by atoms with van der Waals surface area (Å²) in [4.78, 5) is 12.0. The van der Waals surface area contributed by atoms with Crippen molar-refractivity contribution >= 4 is 5.91 Å². The second kappa shape index (κ2) is 7.67. The molecule has 1 rings (SSSR count).